The fourth-order valence-electron chi connectivity index (χ4n) is 0. The van der Waals surface area contributed by atoms with Crippen molar-refractivity contribution >= 4 is 0 Å². The Bertz CT molecular complexity index is 8.49. The molecule has 0 aliphatic heterocycles. The standard InChI is InChI=1S/3C2H5.Hf.H2O/c3*1-2;;/h3*1H2,2H3;;1H2/q3*-1;+4;/p-1. The SMILES string of the molecule is [CH2-]C.[CH2-]C.[CH2-]C.[Hf+4].[OH-]. The molecular weight excluding hydrogens is 267 g/mol. The molecule has 0 bridgehead atoms. The van der Waals surface area contributed by atoms with Crippen LogP contribution in [0.3, 0.4) is 0 Å². The van der Waals surface area contributed by atoms with E-state index in [1.54, 1.807) is 20.8 Å². The molecule has 8 heavy (non-hydrogen) atoms. The van der Waals surface area contributed by atoms with E-state index in [-0.39, 0.29) is 31.3 Å². The van der Waals surface area contributed by atoms with Gasteiger partial charge in [-0.2, -0.15) is 20.8 Å². The summed E-state index contributed by atoms with van der Waals surface area (Å²) in [4.78, 5) is 0. The third kappa shape index (κ3) is 337. The Morgan fingerprint density at radius 1 is 0.625 bits per heavy atom. The van der Waals surface area contributed by atoms with Gasteiger partial charge in [-0.3, -0.25) is 0 Å². The third-order valence-electron chi connectivity index (χ3n) is 0. The molecule has 0 aliphatic carbocycles. The average molecular weight is 283 g/mol. The second kappa shape index (κ2) is 530. The molecule has 0 unspecified atom stereocenters. The van der Waals surface area contributed by atoms with Crippen LogP contribution in [0.2, 0.25) is 0 Å². The smallest absolute Gasteiger partial charge is 0.870 e. The first kappa shape index (κ1) is 36.9. The second-order valence-electron chi connectivity index (χ2n) is 0. The van der Waals surface area contributed by atoms with Crippen LogP contribution in [0.4, 0.5) is 0 Å². The molecule has 0 saturated heterocycles. The largest absolute Gasteiger partial charge is 4.00 e. The summed E-state index contributed by atoms with van der Waals surface area (Å²) < 4.78 is 0. The Labute approximate surface area is 73.0 Å². The van der Waals surface area contributed by atoms with Crippen LogP contribution in [0.15, 0.2) is 0 Å². The molecule has 0 rings (SSSR count). The quantitative estimate of drug-likeness (QED) is 0.495. The van der Waals surface area contributed by atoms with Crippen LogP contribution >= 0.6 is 0 Å². The molecule has 0 aliphatic rings. The summed E-state index contributed by atoms with van der Waals surface area (Å²) >= 11 is 0. The second-order valence-corrected chi connectivity index (χ2v) is 0. The van der Waals surface area contributed by atoms with E-state index in [4.69, 9.17) is 0 Å². The first-order chi connectivity index (χ1) is 3.00. The monoisotopic (exact) mass is 284 g/mol. The maximum atomic E-state index is 3.25. The molecular formula is C6H16HfO. The van der Waals surface area contributed by atoms with Gasteiger partial charge in [-0.25, -0.2) is 0 Å². The first-order valence-corrected chi connectivity index (χ1v) is 2.12. The van der Waals surface area contributed by atoms with Crippen LogP contribution < -0.4 is 0 Å². The van der Waals surface area contributed by atoms with Gasteiger partial charge in [-0.05, 0) is 0 Å². The zero-order valence-electron chi connectivity index (χ0n) is 6.07. The zero-order chi connectivity index (χ0) is 6.00. The zero-order valence-corrected chi connectivity index (χ0v) is 9.66. The van der Waals surface area contributed by atoms with Gasteiger partial charge in [-0.15, -0.1) is 0 Å². The molecule has 2 heteroatoms. The minimum Gasteiger partial charge on any atom is -0.870 e. The molecule has 0 radical (unpaired) electrons. The fourth-order valence-corrected chi connectivity index (χ4v) is 0. The molecule has 0 aromatic rings. The molecule has 0 aromatic heterocycles. The first-order valence-electron chi connectivity index (χ1n) is 2.12. The Balaban J connectivity index is -0.00000000500. The minimum atomic E-state index is 0. The minimum absolute atomic E-state index is 0. The van der Waals surface area contributed by atoms with Crippen LogP contribution in [0.5, 0.6) is 0 Å². The van der Waals surface area contributed by atoms with Crippen molar-refractivity contribution in [3.63, 3.8) is 0 Å². The van der Waals surface area contributed by atoms with E-state index < -0.39 is 0 Å². The number of rotatable bonds is 0. The molecule has 0 fully saturated rings. The number of hydrogen-bond acceptors (Lipinski definition) is 1. The summed E-state index contributed by atoms with van der Waals surface area (Å²) in [5.74, 6) is 0. The van der Waals surface area contributed by atoms with Gasteiger partial charge in [0.25, 0.3) is 0 Å². The van der Waals surface area contributed by atoms with Crippen LogP contribution in [0.25, 0.3) is 0 Å². The van der Waals surface area contributed by atoms with Crippen molar-refractivity contribution in [3.05, 3.63) is 20.8 Å². The van der Waals surface area contributed by atoms with E-state index in [2.05, 4.69) is 20.8 Å². The topological polar surface area (TPSA) is 30.0 Å². The van der Waals surface area contributed by atoms with Crippen LogP contribution in [-0.2, 0) is 25.8 Å². The Hall–Kier alpha value is 0.830. The third-order valence-corrected chi connectivity index (χ3v) is 0. The number of hydrogen-bond donors (Lipinski definition) is 0. The van der Waals surface area contributed by atoms with Gasteiger partial charge in [0.15, 0.2) is 0 Å². The summed E-state index contributed by atoms with van der Waals surface area (Å²) in [6.45, 7) is 15.0. The fraction of sp³-hybridized carbons (Fsp3) is 0.500. The van der Waals surface area contributed by atoms with Crippen LogP contribution in [-0.4, -0.2) is 5.48 Å². The summed E-state index contributed by atoms with van der Waals surface area (Å²) in [7, 11) is 0. The summed E-state index contributed by atoms with van der Waals surface area (Å²) in [6, 6.07) is 0. The van der Waals surface area contributed by atoms with E-state index in [0.29, 0.717) is 0 Å². The molecule has 50 valence electrons. The Morgan fingerprint density at radius 3 is 0.625 bits per heavy atom. The van der Waals surface area contributed by atoms with Gasteiger partial charge in [0.1, 0.15) is 0 Å². The summed E-state index contributed by atoms with van der Waals surface area (Å²) in [5.41, 5.74) is 0. The van der Waals surface area contributed by atoms with Gasteiger partial charge >= 0.3 is 25.8 Å². The van der Waals surface area contributed by atoms with Crippen molar-refractivity contribution in [1.82, 2.24) is 0 Å². The average Bonchev–Trinajstić information content (AvgIpc) is 1.81. The van der Waals surface area contributed by atoms with Gasteiger partial charge in [0, 0.05) is 0 Å². The van der Waals surface area contributed by atoms with Crippen molar-refractivity contribution in [2.45, 2.75) is 20.8 Å². The molecule has 0 atom stereocenters. The molecule has 0 saturated carbocycles. The summed E-state index contributed by atoms with van der Waals surface area (Å²) in [6.07, 6.45) is 0. The van der Waals surface area contributed by atoms with Gasteiger partial charge in [-0.1, -0.05) is 0 Å². The van der Waals surface area contributed by atoms with E-state index in [1.807, 2.05) is 0 Å². The van der Waals surface area contributed by atoms with Crippen molar-refractivity contribution < 1.29 is 31.3 Å². The maximum Gasteiger partial charge on any atom is 4.00 e. The molecule has 0 amide bonds. The van der Waals surface area contributed by atoms with Crippen molar-refractivity contribution in [3.8, 4) is 0 Å². The van der Waals surface area contributed by atoms with Gasteiger partial charge in [0.05, 0.1) is 0 Å². The molecule has 1 N–H and O–H groups in total. The van der Waals surface area contributed by atoms with E-state index >= 15 is 0 Å². The molecule has 0 heterocycles. The molecule has 0 aromatic carbocycles. The van der Waals surface area contributed by atoms with Gasteiger partial charge < -0.3 is 26.2 Å². The maximum absolute atomic E-state index is 3.25. The van der Waals surface area contributed by atoms with Crippen LogP contribution in [0, 0.1) is 20.8 Å². The van der Waals surface area contributed by atoms with Crippen molar-refractivity contribution in [2.24, 2.45) is 0 Å². The predicted molar refractivity (Wildman–Crippen MR) is 35.0 cm³/mol. The van der Waals surface area contributed by atoms with E-state index in [1.165, 1.54) is 0 Å². The Kier molecular flexibility index (Phi) is 2450. The Morgan fingerprint density at radius 2 is 0.625 bits per heavy atom. The predicted octanol–water partition coefficient (Wildman–Crippen LogP) is 2.34. The van der Waals surface area contributed by atoms with Gasteiger partial charge in [0.2, 0.25) is 0 Å². The molecule has 1 nitrogen and oxygen atoms in total. The van der Waals surface area contributed by atoms with Crippen LogP contribution in [0.1, 0.15) is 20.8 Å². The van der Waals surface area contributed by atoms with Crippen molar-refractivity contribution in [1.29, 1.82) is 0 Å². The van der Waals surface area contributed by atoms with Crippen molar-refractivity contribution in [2.75, 3.05) is 0 Å². The summed E-state index contributed by atoms with van der Waals surface area (Å²) in [5, 5.41) is 0. The normalized spacial score (nSPS) is 2.25. The molecule has 0 spiro atoms. The van der Waals surface area contributed by atoms with E-state index in [9.17, 15) is 0 Å². The van der Waals surface area contributed by atoms with E-state index in [0.717, 1.165) is 0 Å².